The zero-order chi connectivity index (χ0) is 20.1. The van der Waals surface area contributed by atoms with Crippen molar-refractivity contribution in [2.24, 2.45) is 0 Å². The summed E-state index contributed by atoms with van der Waals surface area (Å²) >= 11 is 0. The number of carboxylic acids is 1. The molecule has 0 saturated heterocycles. The number of aliphatic carboxylic acids is 1. The second-order valence-corrected chi connectivity index (χ2v) is 6.12. The maximum absolute atomic E-state index is 10.7. The molecule has 0 atom stereocenters. The Balaban J connectivity index is 1.77. The number of benzene rings is 2. The highest BCUT2D eigenvalue weighted by Gasteiger charge is 2.15. The molecule has 0 radical (unpaired) electrons. The van der Waals surface area contributed by atoms with Gasteiger partial charge in [0.05, 0.1) is 0 Å². The molecule has 0 aliphatic carbocycles. The first-order chi connectivity index (χ1) is 14.2. The van der Waals surface area contributed by atoms with Crippen LogP contribution in [0.5, 0.6) is 5.75 Å². The number of nitrogens with zero attached hydrogens (tertiary/aromatic N) is 4. The highest BCUT2D eigenvalue weighted by Crippen LogP contribution is 2.30. The Morgan fingerprint density at radius 2 is 1.55 bits per heavy atom. The van der Waals surface area contributed by atoms with Gasteiger partial charge in [-0.2, -0.15) is 0 Å². The molecule has 29 heavy (non-hydrogen) atoms. The number of carbonyl (C=O) groups is 1. The lowest BCUT2D eigenvalue weighted by Gasteiger charge is -2.10. The maximum Gasteiger partial charge on any atom is 0.341 e. The fourth-order valence-corrected chi connectivity index (χ4v) is 2.78. The number of pyridine rings is 1. The van der Waals surface area contributed by atoms with Crippen LogP contribution < -0.4 is 4.74 Å². The van der Waals surface area contributed by atoms with Crippen LogP contribution in [-0.4, -0.2) is 37.8 Å². The van der Waals surface area contributed by atoms with Gasteiger partial charge in [0.1, 0.15) is 22.8 Å². The minimum absolute atomic E-state index is 0.395. The van der Waals surface area contributed by atoms with Crippen LogP contribution in [0.4, 0.5) is 0 Å². The van der Waals surface area contributed by atoms with Gasteiger partial charge in [-0.1, -0.05) is 36.4 Å². The lowest BCUT2D eigenvalue weighted by Crippen LogP contribution is -2.09. The summed E-state index contributed by atoms with van der Waals surface area (Å²) in [5.41, 5.74) is 3.61. The van der Waals surface area contributed by atoms with E-state index >= 15 is 0 Å². The van der Waals surface area contributed by atoms with Crippen LogP contribution in [0.15, 0.2) is 79.0 Å². The van der Waals surface area contributed by atoms with Crippen molar-refractivity contribution in [3.8, 4) is 39.8 Å². The molecule has 0 saturated carbocycles. The molecule has 7 heteroatoms. The second kappa shape index (κ2) is 8.26. The Morgan fingerprint density at radius 1 is 0.828 bits per heavy atom. The van der Waals surface area contributed by atoms with E-state index in [-0.39, 0.29) is 0 Å². The first-order valence-electron chi connectivity index (χ1n) is 8.87. The molecular formula is C22H16N4O3. The van der Waals surface area contributed by atoms with Gasteiger partial charge in [0.25, 0.3) is 0 Å². The molecule has 4 rings (SSSR count). The minimum atomic E-state index is -1.03. The fourth-order valence-electron chi connectivity index (χ4n) is 2.78. The second-order valence-electron chi connectivity index (χ2n) is 6.12. The molecule has 7 nitrogen and oxygen atoms in total. The normalized spacial score (nSPS) is 10.5. The van der Waals surface area contributed by atoms with Crippen LogP contribution in [-0.2, 0) is 4.79 Å². The molecule has 2 heterocycles. The molecule has 0 spiro atoms. The predicted octanol–water partition coefficient (Wildman–Crippen LogP) is 3.73. The summed E-state index contributed by atoms with van der Waals surface area (Å²) < 4.78 is 5.21. The molecule has 0 bridgehead atoms. The van der Waals surface area contributed by atoms with E-state index in [1.807, 2.05) is 60.7 Å². The van der Waals surface area contributed by atoms with E-state index in [2.05, 4.69) is 15.2 Å². The standard InChI is InChI=1S/C22H16N4O3/c27-19(28)14-29-17-11-9-16(10-12-17)20-21(15-6-2-1-3-7-15)25-26-22(24-20)18-8-4-5-13-23-18/h1-13H,14H2,(H,27,28). The lowest BCUT2D eigenvalue weighted by atomic mass is 10.0. The molecule has 2 aromatic heterocycles. The van der Waals surface area contributed by atoms with Crippen molar-refractivity contribution in [1.29, 1.82) is 0 Å². The maximum atomic E-state index is 10.7. The molecule has 0 unspecified atom stereocenters. The molecule has 2 aromatic carbocycles. The van der Waals surface area contributed by atoms with Gasteiger partial charge in [-0.25, -0.2) is 9.78 Å². The quantitative estimate of drug-likeness (QED) is 0.541. The van der Waals surface area contributed by atoms with Crippen LogP contribution in [0.25, 0.3) is 34.0 Å². The number of hydrogen-bond acceptors (Lipinski definition) is 6. The van der Waals surface area contributed by atoms with Gasteiger partial charge in [0.15, 0.2) is 6.61 Å². The molecular weight excluding hydrogens is 368 g/mol. The lowest BCUT2D eigenvalue weighted by molar-refractivity contribution is -0.139. The van der Waals surface area contributed by atoms with Crippen LogP contribution in [0, 0.1) is 0 Å². The van der Waals surface area contributed by atoms with Crippen molar-refractivity contribution in [3.63, 3.8) is 0 Å². The van der Waals surface area contributed by atoms with E-state index in [9.17, 15) is 4.79 Å². The summed E-state index contributed by atoms with van der Waals surface area (Å²) in [4.78, 5) is 19.7. The number of hydrogen-bond donors (Lipinski definition) is 1. The van der Waals surface area contributed by atoms with Gasteiger partial charge in [0, 0.05) is 17.3 Å². The minimum Gasteiger partial charge on any atom is -0.482 e. The Hall–Kier alpha value is -4.13. The van der Waals surface area contributed by atoms with Crippen molar-refractivity contribution in [1.82, 2.24) is 20.2 Å². The van der Waals surface area contributed by atoms with Crippen LogP contribution in [0.3, 0.4) is 0 Å². The monoisotopic (exact) mass is 384 g/mol. The Morgan fingerprint density at radius 3 is 2.24 bits per heavy atom. The van der Waals surface area contributed by atoms with Gasteiger partial charge in [-0.3, -0.25) is 4.98 Å². The fraction of sp³-hybridized carbons (Fsp3) is 0.0455. The van der Waals surface area contributed by atoms with Crippen molar-refractivity contribution in [3.05, 3.63) is 79.0 Å². The van der Waals surface area contributed by atoms with Gasteiger partial charge < -0.3 is 9.84 Å². The summed E-state index contributed by atoms with van der Waals surface area (Å²) in [6.07, 6.45) is 1.68. The zero-order valence-corrected chi connectivity index (χ0v) is 15.3. The third-order valence-electron chi connectivity index (χ3n) is 4.12. The molecule has 1 N–H and O–H groups in total. The van der Waals surface area contributed by atoms with Crippen molar-refractivity contribution in [2.45, 2.75) is 0 Å². The van der Waals surface area contributed by atoms with E-state index in [0.717, 1.165) is 11.1 Å². The van der Waals surface area contributed by atoms with Gasteiger partial charge in [-0.15, -0.1) is 10.2 Å². The summed E-state index contributed by atoms with van der Waals surface area (Å²) in [5, 5.41) is 17.4. The number of aromatic nitrogens is 4. The molecule has 0 amide bonds. The first-order valence-corrected chi connectivity index (χ1v) is 8.87. The molecule has 4 aromatic rings. The van der Waals surface area contributed by atoms with Crippen molar-refractivity contribution >= 4 is 5.97 Å². The average molecular weight is 384 g/mol. The molecule has 0 fully saturated rings. The van der Waals surface area contributed by atoms with Crippen LogP contribution >= 0.6 is 0 Å². The topological polar surface area (TPSA) is 98.1 Å². The third-order valence-corrected chi connectivity index (χ3v) is 4.12. The van der Waals surface area contributed by atoms with Crippen molar-refractivity contribution < 1.29 is 14.6 Å². The van der Waals surface area contributed by atoms with E-state index in [4.69, 9.17) is 14.8 Å². The van der Waals surface area contributed by atoms with Gasteiger partial charge >= 0.3 is 5.97 Å². The summed E-state index contributed by atoms with van der Waals surface area (Å²) in [5.74, 6) is -0.142. The van der Waals surface area contributed by atoms with Gasteiger partial charge in [-0.05, 0) is 36.4 Å². The van der Waals surface area contributed by atoms with E-state index in [1.54, 1.807) is 18.3 Å². The largest absolute Gasteiger partial charge is 0.482 e. The third kappa shape index (κ3) is 4.24. The van der Waals surface area contributed by atoms with E-state index in [0.29, 0.717) is 28.7 Å². The number of carboxylic acid groups (broad SMARTS) is 1. The highest BCUT2D eigenvalue weighted by atomic mass is 16.5. The molecule has 0 aliphatic heterocycles. The van der Waals surface area contributed by atoms with Crippen LogP contribution in [0.1, 0.15) is 0 Å². The first kappa shape index (κ1) is 18.2. The Bertz CT molecular complexity index is 1120. The number of ether oxygens (including phenoxy) is 1. The summed E-state index contributed by atoms with van der Waals surface area (Å²) in [6, 6.07) is 22.2. The SMILES string of the molecule is O=C(O)COc1ccc(-c2nc(-c3ccccn3)nnc2-c2ccccc2)cc1. The highest BCUT2D eigenvalue weighted by molar-refractivity contribution is 5.78. The van der Waals surface area contributed by atoms with Gasteiger partial charge in [0.2, 0.25) is 5.82 Å². The summed E-state index contributed by atoms with van der Waals surface area (Å²) in [6.45, 7) is -0.395. The molecule has 0 aliphatic rings. The Labute approximate surface area is 166 Å². The van der Waals surface area contributed by atoms with E-state index in [1.165, 1.54) is 0 Å². The number of rotatable bonds is 6. The van der Waals surface area contributed by atoms with Crippen LogP contribution in [0.2, 0.25) is 0 Å². The molecule has 142 valence electrons. The smallest absolute Gasteiger partial charge is 0.341 e. The van der Waals surface area contributed by atoms with Crippen molar-refractivity contribution in [2.75, 3.05) is 6.61 Å². The average Bonchev–Trinajstić information content (AvgIpc) is 2.79. The summed E-state index contributed by atoms with van der Waals surface area (Å²) in [7, 11) is 0. The zero-order valence-electron chi connectivity index (χ0n) is 15.3. The van der Waals surface area contributed by atoms with E-state index < -0.39 is 12.6 Å². The predicted molar refractivity (Wildman–Crippen MR) is 107 cm³/mol. The Kier molecular flexibility index (Phi) is 5.20.